The second-order valence-electron chi connectivity index (χ2n) is 6.20. The fourth-order valence-electron chi connectivity index (χ4n) is 3.23. The van der Waals surface area contributed by atoms with Crippen LogP contribution in [0.5, 0.6) is 17.2 Å². The number of aromatic nitrogens is 2. The Morgan fingerprint density at radius 2 is 1.54 bits per heavy atom. The first-order valence-corrected chi connectivity index (χ1v) is 8.68. The van der Waals surface area contributed by atoms with Gasteiger partial charge in [0.1, 0.15) is 11.5 Å². The molecule has 0 spiro atoms. The molecule has 0 aliphatic carbocycles. The molecule has 0 saturated carbocycles. The molecule has 0 N–H and O–H groups in total. The Labute approximate surface area is 161 Å². The summed E-state index contributed by atoms with van der Waals surface area (Å²) >= 11 is 0. The van der Waals surface area contributed by atoms with E-state index in [2.05, 4.69) is 0 Å². The highest BCUT2D eigenvalue weighted by Gasteiger charge is 2.16. The number of halogens is 1. The Balaban J connectivity index is 1.89. The Kier molecular flexibility index (Phi) is 4.61. The van der Waals surface area contributed by atoms with Crippen LogP contribution in [0, 0.1) is 5.82 Å². The molecule has 2 aromatic heterocycles. The summed E-state index contributed by atoms with van der Waals surface area (Å²) < 4.78 is 31.5. The largest absolute Gasteiger partial charge is 0.493 e. The highest BCUT2D eigenvalue weighted by atomic mass is 19.1. The molecular weight excluding hydrogens is 359 g/mol. The Morgan fingerprint density at radius 3 is 2.14 bits per heavy atom. The minimum absolute atomic E-state index is 0.273. The average Bonchev–Trinajstić information content (AvgIpc) is 3.17. The van der Waals surface area contributed by atoms with Crippen molar-refractivity contribution >= 4 is 5.65 Å². The number of hydrogen-bond donors (Lipinski definition) is 0. The number of ether oxygens (including phenoxy) is 3. The molecule has 0 bridgehead atoms. The van der Waals surface area contributed by atoms with E-state index in [4.69, 9.17) is 19.2 Å². The van der Waals surface area contributed by atoms with Crippen molar-refractivity contribution in [1.29, 1.82) is 0 Å². The Bertz CT molecular complexity index is 1110. The third kappa shape index (κ3) is 3.03. The van der Waals surface area contributed by atoms with Gasteiger partial charge < -0.3 is 18.6 Å². The van der Waals surface area contributed by atoms with Crippen LogP contribution in [0.15, 0.2) is 60.9 Å². The van der Waals surface area contributed by atoms with Crippen molar-refractivity contribution in [2.75, 3.05) is 21.3 Å². The molecular formula is C22H19FN2O3. The van der Waals surface area contributed by atoms with Crippen LogP contribution in [0.4, 0.5) is 4.39 Å². The molecule has 2 heterocycles. The van der Waals surface area contributed by atoms with Crippen molar-refractivity contribution in [2.24, 2.45) is 0 Å². The van der Waals surface area contributed by atoms with Gasteiger partial charge in [0.2, 0.25) is 5.75 Å². The van der Waals surface area contributed by atoms with Crippen molar-refractivity contribution < 1.29 is 18.6 Å². The first-order chi connectivity index (χ1) is 13.6. The predicted molar refractivity (Wildman–Crippen MR) is 106 cm³/mol. The molecule has 0 fully saturated rings. The number of benzene rings is 2. The third-order valence-corrected chi connectivity index (χ3v) is 4.60. The van der Waals surface area contributed by atoms with Gasteiger partial charge in [-0.3, -0.25) is 0 Å². The molecule has 4 rings (SSSR count). The van der Waals surface area contributed by atoms with Crippen molar-refractivity contribution in [3.63, 3.8) is 0 Å². The summed E-state index contributed by atoms with van der Waals surface area (Å²) in [5, 5.41) is 0. The SMILES string of the molecule is COc1cc(-c2cccn3cc(-c4ccc(F)cc4)nc23)cc(OC)c1OC. The number of rotatable bonds is 5. The molecule has 4 aromatic rings. The van der Waals surface area contributed by atoms with Crippen molar-refractivity contribution in [2.45, 2.75) is 0 Å². The van der Waals surface area contributed by atoms with Crippen LogP contribution in [0.2, 0.25) is 0 Å². The third-order valence-electron chi connectivity index (χ3n) is 4.60. The van der Waals surface area contributed by atoms with Crippen LogP contribution in [0.3, 0.4) is 0 Å². The summed E-state index contributed by atoms with van der Waals surface area (Å²) in [5.41, 5.74) is 4.18. The molecule has 0 saturated heterocycles. The van der Waals surface area contributed by atoms with Crippen LogP contribution >= 0.6 is 0 Å². The second kappa shape index (κ2) is 7.23. The van der Waals surface area contributed by atoms with Gasteiger partial charge in [-0.25, -0.2) is 9.37 Å². The molecule has 6 heteroatoms. The summed E-state index contributed by atoms with van der Waals surface area (Å²) in [6.07, 6.45) is 3.85. The summed E-state index contributed by atoms with van der Waals surface area (Å²) in [7, 11) is 4.75. The lowest BCUT2D eigenvalue weighted by molar-refractivity contribution is 0.324. The lowest BCUT2D eigenvalue weighted by Crippen LogP contribution is -1.96. The van der Waals surface area contributed by atoms with E-state index in [0.29, 0.717) is 17.2 Å². The molecule has 0 atom stereocenters. The van der Waals surface area contributed by atoms with E-state index in [-0.39, 0.29) is 5.82 Å². The Hall–Kier alpha value is -3.54. The van der Waals surface area contributed by atoms with E-state index in [1.165, 1.54) is 12.1 Å². The van der Waals surface area contributed by atoms with Crippen LogP contribution in [0.1, 0.15) is 0 Å². The summed E-state index contributed by atoms with van der Waals surface area (Å²) in [6, 6.07) is 14.0. The van der Waals surface area contributed by atoms with Crippen molar-refractivity contribution in [1.82, 2.24) is 9.38 Å². The van der Waals surface area contributed by atoms with E-state index in [1.807, 2.05) is 41.1 Å². The summed E-state index contributed by atoms with van der Waals surface area (Å²) in [4.78, 5) is 4.77. The molecule has 142 valence electrons. The minimum Gasteiger partial charge on any atom is -0.493 e. The molecule has 0 amide bonds. The van der Waals surface area contributed by atoms with Gasteiger partial charge in [-0.15, -0.1) is 0 Å². The highest BCUT2D eigenvalue weighted by molar-refractivity contribution is 5.82. The maximum atomic E-state index is 13.2. The number of imidazole rings is 1. The molecule has 0 aliphatic rings. The normalized spacial score (nSPS) is 10.9. The van der Waals surface area contributed by atoms with Gasteiger partial charge in [0.25, 0.3) is 0 Å². The van der Waals surface area contributed by atoms with Crippen molar-refractivity contribution in [3.05, 3.63) is 66.7 Å². The molecule has 0 unspecified atom stereocenters. The fourth-order valence-corrected chi connectivity index (χ4v) is 3.23. The molecule has 5 nitrogen and oxygen atoms in total. The summed E-state index contributed by atoms with van der Waals surface area (Å²) in [5.74, 6) is 1.41. The van der Waals surface area contributed by atoms with Crippen LogP contribution in [0.25, 0.3) is 28.0 Å². The van der Waals surface area contributed by atoms with E-state index in [9.17, 15) is 4.39 Å². The predicted octanol–water partition coefficient (Wildman–Crippen LogP) is 4.83. The fraction of sp³-hybridized carbons (Fsp3) is 0.136. The lowest BCUT2D eigenvalue weighted by atomic mass is 10.1. The lowest BCUT2D eigenvalue weighted by Gasteiger charge is -2.14. The zero-order chi connectivity index (χ0) is 19.7. The van der Waals surface area contributed by atoms with E-state index in [1.54, 1.807) is 33.5 Å². The van der Waals surface area contributed by atoms with E-state index < -0.39 is 0 Å². The van der Waals surface area contributed by atoms with Gasteiger partial charge in [0, 0.05) is 23.5 Å². The van der Waals surface area contributed by atoms with Gasteiger partial charge >= 0.3 is 0 Å². The monoisotopic (exact) mass is 378 g/mol. The van der Waals surface area contributed by atoms with Gasteiger partial charge in [-0.2, -0.15) is 0 Å². The summed E-state index contributed by atoms with van der Waals surface area (Å²) in [6.45, 7) is 0. The maximum absolute atomic E-state index is 13.2. The number of pyridine rings is 1. The number of hydrogen-bond acceptors (Lipinski definition) is 4. The molecule has 28 heavy (non-hydrogen) atoms. The molecule has 0 aliphatic heterocycles. The molecule has 0 radical (unpaired) electrons. The zero-order valence-electron chi connectivity index (χ0n) is 15.8. The quantitative estimate of drug-likeness (QED) is 0.499. The van der Waals surface area contributed by atoms with E-state index >= 15 is 0 Å². The van der Waals surface area contributed by atoms with Crippen LogP contribution in [-0.2, 0) is 0 Å². The van der Waals surface area contributed by atoms with E-state index in [0.717, 1.165) is 28.0 Å². The Morgan fingerprint density at radius 1 is 0.857 bits per heavy atom. The minimum atomic E-state index is -0.273. The number of fused-ring (bicyclic) bond motifs is 1. The van der Waals surface area contributed by atoms with Gasteiger partial charge in [0.05, 0.1) is 27.0 Å². The maximum Gasteiger partial charge on any atom is 0.203 e. The average molecular weight is 378 g/mol. The van der Waals surface area contributed by atoms with Crippen LogP contribution in [-0.4, -0.2) is 30.7 Å². The topological polar surface area (TPSA) is 45.0 Å². The zero-order valence-corrected chi connectivity index (χ0v) is 15.8. The number of methoxy groups -OCH3 is 3. The van der Waals surface area contributed by atoms with Gasteiger partial charge in [-0.1, -0.05) is 0 Å². The molecule has 2 aromatic carbocycles. The first kappa shape index (κ1) is 17.9. The van der Waals surface area contributed by atoms with Gasteiger partial charge in [0.15, 0.2) is 11.5 Å². The first-order valence-electron chi connectivity index (χ1n) is 8.68. The standard InChI is InChI=1S/C22H19FN2O3/c1-26-19-11-15(12-20(27-2)21(19)28-3)17-5-4-10-25-13-18(24-22(17)25)14-6-8-16(23)9-7-14/h4-13H,1-3H3. The second-order valence-corrected chi connectivity index (χ2v) is 6.20. The smallest absolute Gasteiger partial charge is 0.203 e. The highest BCUT2D eigenvalue weighted by Crippen LogP contribution is 2.42. The van der Waals surface area contributed by atoms with Crippen molar-refractivity contribution in [3.8, 4) is 39.6 Å². The van der Waals surface area contributed by atoms with Crippen LogP contribution < -0.4 is 14.2 Å². The van der Waals surface area contributed by atoms with Gasteiger partial charge in [-0.05, 0) is 54.1 Å². The number of nitrogens with zero attached hydrogens (tertiary/aromatic N) is 2.